The molecule has 0 aliphatic heterocycles. The molecule has 6 heteroatoms. The maximum atomic E-state index is 5.30. The van der Waals surface area contributed by atoms with Gasteiger partial charge in [-0.3, -0.25) is 0 Å². The van der Waals surface area contributed by atoms with E-state index in [9.17, 15) is 0 Å². The van der Waals surface area contributed by atoms with Crippen LogP contribution in [-0.2, 0) is 29.3 Å². The molecule has 0 radical (unpaired) electrons. The Bertz CT molecular complexity index is 189. The molecule has 0 saturated carbocycles. The average Bonchev–Trinajstić information content (AvgIpc) is 2.33. The summed E-state index contributed by atoms with van der Waals surface area (Å²) in [5.74, 6) is 0. The van der Waals surface area contributed by atoms with E-state index in [0.29, 0.717) is 0 Å². The zero-order chi connectivity index (χ0) is 14.0. The molecule has 6 nitrogen and oxygen atoms in total. The fraction of sp³-hybridized carbons (Fsp3) is 1.00. The maximum absolute atomic E-state index is 5.30. The summed E-state index contributed by atoms with van der Waals surface area (Å²) >= 11 is 0. The lowest BCUT2D eigenvalue weighted by Gasteiger charge is -2.26. The Hall–Kier alpha value is -0.240. The van der Waals surface area contributed by atoms with E-state index in [1.165, 1.54) is 14.2 Å². The average molecular weight is 266 g/mol. The first-order valence-electron chi connectivity index (χ1n) is 6.27. The quantitative estimate of drug-likeness (QED) is 0.423. The first kappa shape index (κ1) is 17.8. The molecule has 0 spiro atoms. The van der Waals surface area contributed by atoms with Crippen LogP contribution in [0.3, 0.4) is 0 Å². The fourth-order valence-corrected chi connectivity index (χ4v) is 1.55. The van der Waals surface area contributed by atoms with Crippen LogP contribution in [0.5, 0.6) is 0 Å². The summed E-state index contributed by atoms with van der Waals surface area (Å²) in [6.45, 7) is 7.66. The summed E-state index contributed by atoms with van der Waals surface area (Å²) < 4.78 is 0. The van der Waals surface area contributed by atoms with Crippen LogP contribution < -0.4 is 0 Å². The van der Waals surface area contributed by atoms with Crippen molar-refractivity contribution in [3.05, 3.63) is 0 Å². The summed E-state index contributed by atoms with van der Waals surface area (Å²) in [5.41, 5.74) is 0. The molecule has 0 aromatic heterocycles. The molecule has 0 aromatic rings. The van der Waals surface area contributed by atoms with Gasteiger partial charge < -0.3 is 0 Å². The van der Waals surface area contributed by atoms with Crippen LogP contribution in [0.1, 0.15) is 40.5 Å². The predicted molar refractivity (Wildman–Crippen MR) is 65.4 cm³/mol. The zero-order valence-corrected chi connectivity index (χ0v) is 12.2. The molecule has 4 unspecified atom stereocenters. The number of hydrogen-bond donors (Lipinski definition) is 0. The van der Waals surface area contributed by atoms with Crippen molar-refractivity contribution in [1.29, 1.82) is 0 Å². The summed E-state index contributed by atoms with van der Waals surface area (Å²) in [6, 6.07) is 0. The predicted octanol–water partition coefficient (Wildman–Crippen LogP) is 2.42. The molecule has 0 aliphatic rings. The largest absolute Gasteiger partial charge is 0.240 e. The van der Waals surface area contributed by atoms with Gasteiger partial charge in [-0.05, 0) is 27.2 Å². The van der Waals surface area contributed by atoms with Gasteiger partial charge >= 0.3 is 0 Å². The smallest absolute Gasteiger partial charge is 0.151 e. The first-order chi connectivity index (χ1) is 8.56. The second-order valence-corrected chi connectivity index (χ2v) is 4.19. The highest BCUT2D eigenvalue weighted by molar-refractivity contribution is 4.70. The van der Waals surface area contributed by atoms with E-state index >= 15 is 0 Å². The van der Waals surface area contributed by atoms with Crippen LogP contribution in [0.4, 0.5) is 0 Å². The van der Waals surface area contributed by atoms with Crippen molar-refractivity contribution >= 4 is 0 Å². The third-order valence-corrected chi connectivity index (χ3v) is 2.45. The molecule has 4 atom stereocenters. The number of rotatable bonds is 11. The van der Waals surface area contributed by atoms with Crippen molar-refractivity contribution in [2.24, 2.45) is 0 Å². The van der Waals surface area contributed by atoms with E-state index in [2.05, 4.69) is 16.7 Å². The van der Waals surface area contributed by atoms with Gasteiger partial charge in [0.1, 0.15) is 12.2 Å². The molecule has 0 aliphatic carbocycles. The van der Waals surface area contributed by atoms with Crippen LogP contribution in [-0.4, -0.2) is 38.6 Å². The van der Waals surface area contributed by atoms with E-state index < -0.39 is 6.10 Å². The van der Waals surface area contributed by atoms with Gasteiger partial charge in [0.25, 0.3) is 0 Å². The molecule has 0 aromatic carbocycles. The molecule has 0 fully saturated rings. The Morgan fingerprint density at radius 1 is 0.778 bits per heavy atom. The lowest BCUT2D eigenvalue weighted by molar-refractivity contribution is -0.421. The minimum absolute atomic E-state index is 0.0410. The van der Waals surface area contributed by atoms with Gasteiger partial charge in [0.2, 0.25) is 0 Å². The SMILES string of the molecule is CCCC(C)OOC(C)C(OOC)C(C)OOC. The minimum atomic E-state index is -0.455. The van der Waals surface area contributed by atoms with Crippen molar-refractivity contribution in [2.45, 2.75) is 65.0 Å². The van der Waals surface area contributed by atoms with Gasteiger partial charge in [0, 0.05) is 0 Å². The second kappa shape index (κ2) is 10.7. The normalized spacial score (nSPS) is 18.3. The van der Waals surface area contributed by atoms with Crippen molar-refractivity contribution in [3.8, 4) is 0 Å². The lowest BCUT2D eigenvalue weighted by atomic mass is 10.1. The van der Waals surface area contributed by atoms with Gasteiger partial charge in [-0.25, -0.2) is 29.3 Å². The molecule has 0 saturated heterocycles. The van der Waals surface area contributed by atoms with E-state index in [1.807, 2.05) is 13.8 Å². The van der Waals surface area contributed by atoms with Crippen molar-refractivity contribution < 1.29 is 29.3 Å². The standard InChI is InChI=1S/C12H26O6/c1-7-8-9(2)15-17-11(4)12(18-14-6)10(3)16-13-5/h9-12H,7-8H2,1-6H3. The van der Waals surface area contributed by atoms with Gasteiger partial charge in [-0.1, -0.05) is 13.3 Å². The van der Waals surface area contributed by atoms with Gasteiger partial charge in [0.05, 0.1) is 20.3 Å². The molecule has 0 amide bonds. The van der Waals surface area contributed by atoms with Gasteiger partial charge in [-0.15, -0.1) is 0 Å². The Balaban J connectivity index is 4.16. The molecule has 0 bridgehead atoms. The Morgan fingerprint density at radius 2 is 1.33 bits per heavy atom. The van der Waals surface area contributed by atoms with E-state index in [-0.39, 0.29) is 18.3 Å². The highest BCUT2D eigenvalue weighted by atomic mass is 17.2. The summed E-state index contributed by atoms with van der Waals surface area (Å²) in [7, 11) is 2.87. The minimum Gasteiger partial charge on any atom is -0.240 e. The van der Waals surface area contributed by atoms with Crippen LogP contribution in [0, 0.1) is 0 Å². The van der Waals surface area contributed by atoms with Crippen LogP contribution in [0.2, 0.25) is 0 Å². The van der Waals surface area contributed by atoms with E-state index in [1.54, 1.807) is 6.92 Å². The topological polar surface area (TPSA) is 55.4 Å². The highest BCUT2D eigenvalue weighted by Crippen LogP contribution is 2.14. The van der Waals surface area contributed by atoms with Crippen LogP contribution in [0.15, 0.2) is 0 Å². The summed E-state index contributed by atoms with van der Waals surface area (Å²) in [4.78, 5) is 29.9. The molecule has 0 N–H and O–H groups in total. The Kier molecular flexibility index (Phi) is 10.5. The molecule has 0 heterocycles. The third kappa shape index (κ3) is 7.25. The van der Waals surface area contributed by atoms with Crippen molar-refractivity contribution in [3.63, 3.8) is 0 Å². The maximum Gasteiger partial charge on any atom is 0.151 e. The monoisotopic (exact) mass is 266 g/mol. The summed E-state index contributed by atoms with van der Waals surface area (Å²) in [6.07, 6.45) is 0.861. The summed E-state index contributed by atoms with van der Waals surface area (Å²) in [5, 5.41) is 0. The van der Waals surface area contributed by atoms with Crippen molar-refractivity contribution in [1.82, 2.24) is 0 Å². The molecular weight excluding hydrogens is 240 g/mol. The van der Waals surface area contributed by atoms with Gasteiger partial charge in [0.15, 0.2) is 6.10 Å². The Labute approximate surface area is 109 Å². The molecule has 0 rings (SSSR count). The molecular formula is C12H26O6. The van der Waals surface area contributed by atoms with Crippen LogP contribution >= 0.6 is 0 Å². The molecule has 18 heavy (non-hydrogen) atoms. The zero-order valence-electron chi connectivity index (χ0n) is 12.2. The first-order valence-corrected chi connectivity index (χ1v) is 6.27. The second-order valence-electron chi connectivity index (χ2n) is 4.19. The molecule has 110 valence electrons. The lowest BCUT2D eigenvalue weighted by Crippen LogP contribution is -2.40. The van der Waals surface area contributed by atoms with Crippen molar-refractivity contribution in [2.75, 3.05) is 14.2 Å². The van der Waals surface area contributed by atoms with Crippen LogP contribution in [0.25, 0.3) is 0 Å². The fourth-order valence-electron chi connectivity index (χ4n) is 1.55. The van der Waals surface area contributed by atoms with E-state index in [4.69, 9.17) is 19.6 Å². The highest BCUT2D eigenvalue weighted by Gasteiger charge is 2.29. The van der Waals surface area contributed by atoms with Gasteiger partial charge in [-0.2, -0.15) is 0 Å². The third-order valence-electron chi connectivity index (χ3n) is 2.45. The van der Waals surface area contributed by atoms with E-state index in [0.717, 1.165) is 12.8 Å². The Morgan fingerprint density at radius 3 is 1.83 bits per heavy atom. The number of hydrogen-bond acceptors (Lipinski definition) is 6.